The summed E-state index contributed by atoms with van der Waals surface area (Å²) in [5, 5.41) is 0. The number of hydrogen-bond acceptors (Lipinski definition) is 3. The molecule has 0 aliphatic rings. The number of hydrogen-bond donors (Lipinski definition) is 0. The second kappa shape index (κ2) is 20.4. The Kier molecular flexibility index (Phi) is 15.1. The van der Waals surface area contributed by atoms with Crippen molar-refractivity contribution in [2.45, 2.75) is 111 Å². The maximum atomic E-state index is 6.16. The van der Waals surface area contributed by atoms with Crippen molar-refractivity contribution in [2.24, 2.45) is 0 Å². The number of anilines is 6. The average Bonchev–Trinajstić information content (AvgIpc) is 3.16. The zero-order valence-electron chi connectivity index (χ0n) is 31.7. The molecule has 0 unspecified atom stereocenters. The Morgan fingerprint density at radius 3 is 1.14 bits per heavy atom. The average molecular weight is 681 g/mol. The van der Waals surface area contributed by atoms with E-state index in [1.807, 2.05) is 0 Å². The van der Waals surface area contributed by atoms with Gasteiger partial charge in [0.1, 0.15) is 5.75 Å². The Labute approximate surface area is 309 Å². The van der Waals surface area contributed by atoms with Crippen LogP contribution in [0.3, 0.4) is 0 Å². The van der Waals surface area contributed by atoms with Gasteiger partial charge in [-0.2, -0.15) is 0 Å². The van der Waals surface area contributed by atoms with Crippen molar-refractivity contribution in [1.29, 1.82) is 0 Å². The van der Waals surface area contributed by atoms with Gasteiger partial charge in [0, 0.05) is 34.1 Å². The Morgan fingerprint density at radius 2 is 0.706 bits per heavy atom. The molecule has 3 nitrogen and oxygen atoms in total. The van der Waals surface area contributed by atoms with Crippen LogP contribution >= 0.6 is 0 Å². The van der Waals surface area contributed by atoms with Crippen LogP contribution in [0.15, 0.2) is 121 Å². The highest BCUT2D eigenvalue weighted by Crippen LogP contribution is 2.39. The van der Waals surface area contributed by atoms with E-state index in [4.69, 9.17) is 4.74 Å². The van der Waals surface area contributed by atoms with Gasteiger partial charge >= 0.3 is 0 Å². The van der Waals surface area contributed by atoms with Crippen LogP contribution in [0.5, 0.6) is 5.75 Å². The number of nitrogens with zero attached hydrogens (tertiary/aromatic N) is 2. The molecule has 3 heteroatoms. The highest BCUT2D eigenvalue weighted by Gasteiger charge is 2.16. The van der Waals surface area contributed by atoms with Crippen LogP contribution in [0, 0.1) is 13.8 Å². The summed E-state index contributed by atoms with van der Waals surface area (Å²) in [5.74, 6) is 0.934. The lowest BCUT2D eigenvalue weighted by Gasteiger charge is -2.28. The SMILES string of the molecule is CCCCCCCCOc1ccc(N(c2ccc(CCCCCCCC)cc2)c2ccc(N(c3ccc(C)cc3)c3ccc(C)cc3)cc2)cc1. The Balaban J connectivity index is 1.38. The van der Waals surface area contributed by atoms with Gasteiger partial charge < -0.3 is 14.5 Å². The first kappa shape index (κ1) is 37.7. The molecule has 0 atom stereocenters. The fourth-order valence-corrected chi connectivity index (χ4v) is 6.72. The first-order valence-corrected chi connectivity index (χ1v) is 19.7. The molecule has 0 heterocycles. The van der Waals surface area contributed by atoms with Crippen LogP contribution < -0.4 is 14.5 Å². The number of rotatable bonds is 21. The van der Waals surface area contributed by atoms with Gasteiger partial charge in [-0.25, -0.2) is 0 Å². The highest BCUT2D eigenvalue weighted by molar-refractivity contribution is 5.81. The Morgan fingerprint density at radius 1 is 0.373 bits per heavy atom. The summed E-state index contributed by atoms with van der Waals surface area (Å²) >= 11 is 0. The Bertz CT molecular complexity index is 1630. The van der Waals surface area contributed by atoms with Crippen molar-refractivity contribution >= 4 is 34.1 Å². The zero-order chi connectivity index (χ0) is 35.7. The molecule has 51 heavy (non-hydrogen) atoms. The fraction of sp³-hybridized carbons (Fsp3) is 0.375. The zero-order valence-corrected chi connectivity index (χ0v) is 31.7. The third kappa shape index (κ3) is 11.5. The molecular formula is C48H60N2O. The quantitative estimate of drug-likeness (QED) is 0.0718. The van der Waals surface area contributed by atoms with Crippen molar-refractivity contribution < 1.29 is 4.74 Å². The minimum Gasteiger partial charge on any atom is -0.494 e. The standard InChI is InChI=1S/C48H60N2O/c1-5-7-9-11-13-15-17-41-22-28-44(29-23-41)50(47-34-36-48(37-35-47)51-38-16-14-12-10-8-6-2)46-32-30-45(31-33-46)49(42-24-18-39(3)19-25-42)43-26-20-40(4)21-27-43/h18-37H,5-17,38H2,1-4H3. The summed E-state index contributed by atoms with van der Waals surface area (Å²) in [5.41, 5.74) is 10.7. The van der Waals surface area contributed by atoms with Crippen molar-refractivity contribution in [2.75, 3.05) is 16.4 Å². The monoisotopic (exact) mass is 680 g/mol. The maximum Gasteiger partial charge on any atom is 0.119 e. The van der Waals surface area contributed by atoms with Gasteiger partial charge in [0.25, 0.3) is 0 Å². The normalized spacial score (nSPS) is 11.1. The summed E-state index contributed by atoms with van der Waals surface area (Å²) in [6.45, 7) is 9.60. The van der Waals surface area contributed by atoms with E-state index in [1.54, 1.807) is 0 Å². The third-order valence-electron chi connectivity index (χ3n) is 9.83. The fourth-order valence-electron chi connectivity index (χ4n) is 6.72. The van der Waals surface area contributed by atoms with E-state index in [-0.39, 0.29) is 0 Å². The van der Waals surface area contributed by atoms with Crippen LogP contribution in [-0.2, 0) is 6.42 Å². The van der Waals surface area contributed by atoms with E-state index in [0.29, 0.717) is 0 Å². The number of ether oxygens (including phenoxy) is 1. The van der Waals surface area contributed by atoms with Gasteiger partial charge in [-0.15, -0.1) is 0 Å². The predicted molar refractivity (Wildman–Crippen MR) is 221 cm³/mol. The van der Waals surface area contributed by atoms with E-state index in [9.17, 15) is 0 Å². The van der Waals surface area contributed by atoms with E-state index in [0.717, 1.165) is 59.3 Å². The van der Waals surface area contributed by atoms with Gasteiger partial charge in [-0.1, -0.05) is 126 Å². The van der Waals surface area contributed by atoms with Gasteiger partial charge in [0.2, 0.25) is 0 Å². The second-order valence-electron chi connectivity index (χ2n) is 14.2. The molecule has 0 aliphatic carbocycles. The molecular weight excluding hydrogens is 621 g/mol. The van der Waals surface area contributed by atoms with Crippen LogP contribution in [-0.4, -0.2) is 6.61 Å². The Hall–Kier alpha value is -4.50. The van der Waals surface area contributed by atoms with Crippen molar-refractivity contribution in [3.05, 3.63) is 138 Å². The summed E-state index contributed by atoms with van der Waals surface area (Å²) in [6.07, 6.45) is 16.7. The molecule has 0 aromatic heterocycles. The summed E-state index contributed by atoms with van der Waals surface area (Å²) in [7, 11) is 0. The third-order valence-corrected chi connectivity index (χ3v) is 9.83. The van der Waals surface area contributed by atoms with Crippen molar-refractivity contribution in [1.82, 2.24) is 0 Å². The summed E-state index contributed by atoms with van der Waals surface area (Å²) in [4.78, 5) is 4.69. The van der Waals surface area contributed by atoms with Crippen LogP contribution in [0.4, 0.5) is 34.1 Å². The molecule has 0 amide bonds. The highest BCUT2D eigenvalue weighted by atomic mass is 16.5. The van der Waals surface area contributed by atoms with Crippen molar-refractivity contribution in [3.63, 3.8) is 0 Å². The van der Waals surface area contributed by atoms with E-state index >= 15 is 0 Å². The molecule has 5 aromatic rings. The molecule has 0 bridgehead atoms. The molecule has 5 rings (SSSR count). The molecule has 0 saturated carbocycles. The first-order chi connectivity index (χ1) is 25.1. The number of aryl methyl sites for hydroxylation is 3. The molecule has 0 spiro atoms. The van der Waals surface area contributed by atoms with Crippen molar-refractivity contribution in [3.8, 4) is 5.75 Å². The largest absolute Gasteiger partial charge is 0.494 e. The first-order valence-electron chi connectivity index (χ1n) is 19.7. The molecule has 0 fully saturated rings. The minimum absolute atomic E-state index is 0.773. The van der Waals surface area contributed by atoms with Gasteiger partial charge in [-0.3, -0.25) is 0 Å². The number of benzene rings is 5. The van der Waals surface area contributed by atoms with E-state index < -0.39 is 0 Å². The van der Waals surface area contributed by atoms with Crippen LogP contribution in [0.2, 0.25) is 0 Å². The molecule has 5 aromatic carbocycles. The molecule has 0 saturated heterocycles. The van der Waals surface area contributed by atoms with Gasteiger partial charge in [0.15, 0.2) is 0 Å². The summed E-state index contributed by atoms with van der Waals surface area (Å²) < 4.78 is 6.16. The topological polar surface area (TPSA) is 15.7 Å². The molecule has 268 valence electrons. The van der Waals surface area contributed by atoms with Crippen LogP contribution in [0.1, 0.15) is 108 Å². The van der Waals surface area contributed by atoms with Gasteiger partial charge in [-0.05, 0) is 124 Å². The van der Waals surface area contributed by atoms with E-state index in [2.05, 4.69) is 159 Å². The molecule has 0 aliphatic heterocycles. The minimum atomic E-state index is 0.773. The molecule has 0 radical (unpaired) electrons. The smallest absolute Gasteiger partial charge is 0.119 e. The second-order valence-corrected chi connectivity index (χ2v) is 14.2. The maximum absolute atomic E-state index is 6.16. The number of unbranched alkanes of at least 4 members (excludes halogenated alkanes) is 10. The van der Waals surface area contributed by atoms with Crippen LogP contribution in [0.25, 0.3) is 0 Å². The predicted octanol–water partition coefficient (Wildman–Crippen LogP) is 14.9. The molecule has 0 N–H and O–H groups in total. The lowest BCUT2D eigenvalue weighted by Crippen LogP contribution is -2.12. The van der Waals surface area contributed by atoms with E-state index in [1.165, 1.54) is 87.3 Å². The lowest BCUT2D eigenvalue weighted by molar-refractivity contribution is 0.304. The summed E-state index contributed by atoms with van der Waals surface area (Å²) in [6, 6.07) is 44.4. The lowest BCUT2D eigenvalue weighted by atomic mass is 10.0. The van der Waals surface area contributed by atoms with Gasteiger partial charge in [0.05, 0.1) is 6.61 Å².